The maximum Gasteiger partial charge on any atom is 0.338 e. The predicted molar refractivity (Wildman–Crippen MR) is 67.1 cm³/mol. The Bertz CT molecular complexity index is 383. The van der Waals surface area contributed by atoms with Gasteiger partial charge in [-0.2, -0.15) is 0 Å². The maximum absolute atomic E-state index is 11.8. The smallest absolute Gasteiger partial charge is 0.338 e. The van der Waals surface area contributed by atoms with Crippen molar-refractivity contribution in [2.45, 2.75) is 20.8 Å². The number of benzene rings is 1. The summed E-state index contributed by atoms with van der Waals surface area (Å²) in [6, 6.07) is 7.39. The molecule has 17 heavy (non-hydrogen) atoms. The van der Waals surface area contributed by atoms with Gasteiger partial charge >= 0.3 is 5.97 Å². The average Bonchev–Trinajstić information content (AvgIpc) is 2.26. The molecule has 0 N–H and O–H groups in total. The van der Waals surface area contributed by atoms with E-state index in [1.54, 1.807) is 13.2 Å². The molecule has 0 aliphatic rings. The molecule has 0 unspecified atom stereocenters. The highest BCUT2D eigenvalue weighted by atomic mass is 16.5. The minimum absolute atomic E-state index is 0.158. The van der Waals surface area contributed by atoms with Crippen molar-refractivity contribution in [2.24, 2.45) is 5.41 Å². The first kappa shape index (κ1) is 13.7. The minimum Gasteiger partial charge on any atom is -0.461 e. The van der Waals surface area contributed by atoms with Gasteiger partial charge in [0.25, 0.3) is 0 Å². The molecule has 0 fully saturated rings. The number of carbonyl (C=O) groups is 1. The van der Waals surface area contributed by atoms with Crippen LogP contribution in [0.4, 0.5) is 0 Å². The third-order valence-corrected chi connectivity index (χ3v) is 2.38. The monoisotopic (exact) mass is 236 g/mol. The predicted octanol–water partition coefficient (Wildman–Crippen LogP) is 2.82. The Labute approximate surface area is 103 Å². The highest BCUT2D eigenvalue weighted by Gasteiger charge is 2.20. The molecule has 0 aromatic heterocycles. The van der Waals surface area contributed by atoms with Gasteiger partial charge in [0.15, 0.2) is 0 Å². The summed E-state index contributed by atoms with van der Waals surface area (Å²) in [5.74, 6) is -0.280. The molecule has 1 aromatic rings. The van der Waals surface area contributed by atoms with E-state index in [0.29, 0.717) is 18.8 Å². The molecule has 94 valence electrons. The number of carbonyl (C=O) groups excluding carboxylic acids is 1. The van der Waals surface area contributed by atoms with Crippen molar-refractivity contribution in [1.82, 2.24) is 0 Å². The summed E-state index contributed by atoms with van der Waals surface area (Å²) < 4.78 is 10.4. The van der Waals surface area contributed by atoms with E-state index < -0.39 is 0 Å². The first-order chi connectivity index (χ1) is 7.94. The number of hydrogen-bond donors (Lipinski definition) is 0. The molecule has 0 radical (unpaired) electrons. The number of aryl methyl sites for hydroxylation is 1. The van der Waals surface area contributed by atoms with E-state index in [9.17, 15) is 4.79 Å². The highest BCUT2D eigenvalue weighted by molar-refractivity contribution is 5.89. The Kier molecular flexibility index (Phi) is 4.70. The van der Waals surface area contributed by atoms with E-state index >= 15 is 0 Å². The van der Waals surface area contributed by atoms with E-state index in [-0.39, 0.29) is 11.4 Å². The maximum atomic E-state index is 11.8. The zero-order valence-electron chi connectivity index (χ0n) is 10.9. The highest BCUT2D eigenvalue weighted by Crippen LogP contribution is 2.16. The molecule has 0 atom stereocenters. The number of hydrogen-bond acceptors (Lipinski definition) is 3. The third kappa shape index (κ3) is 4.57. The molecular weight excluding hydrogens is 216 g/mol. The first-order valence-electron chi connectivity index (χ1n) is 5.67. The Morgan fingerprint density at radius 3 is 2.59 bits per heavy atom. The van der Waals surface area contributed by atoms with Gasteiger partial charge in [-0.25, -0.2) is 4.79 Å². The summed E-state index contributed by atoms with van der Waals surface area (Å²) in [6.07, 6.45) is 0. The quantitative estimate of drug-likeness (QED) is 0.737. The number of methoxy groups -OCH3 is 1. The zero-order valence-corrected chi connectivity index (χ0v) is 10.9. The van der Waals surface area contributed by atoms with Gasteiger partial charge in [-0.05, 0) is 19.1 Å². The standard InChI is InChI=1S/C14H20O3/c1-11-6-5-7-12(8-11)13(15)17-10-14(2,3)9-16-4/h5-8H,9-10H2,1-4H3. The van der Waals surface area contributed by atoms with Gasteiger partial charge in [0, 0.05) is 12.5 Å². The fourth-order valence-electron chi connectivity index (χ4n) is 1.55. The van der Waals surface area contributed by atoms with Gasteiger partial charge in [0.05, 0.1) is 18.8 Å². The van der Waals surface area contributed by atoms with Gasteiger partial charge in [-0.3, -0.25) is 0 Å². The van der Waals surface area contributed by atoms with E-state index in [0.717, 1.165) is 5.56 Å². The lowest BCUT2D eigenvalue weighted by Gasteiger charge is -2.22. The Balaban J connectivity index is 2.56. The molecule has 1 rings (SSSR count). The van der Waals surface area contributed by atoms with Crippen molar-refractivity contribution in [3.8, 4) is 0 Å². The molecule has 0 aliphatic heterocycles. The van der Waals surface area contributed by atoms with Crippen molar-refractivity contribution in [2.75, 3.05) is 20.3 Å². The van der Waals surface area contributed by atoms with Crippen LogP contribution in [0.2, 0.25) is 0 Å². The van der Waals surface area contributed by atoms with Crippen molar-refractivity contribution >= 4 is 5.97 Å². The van der Waals surface area contributed by atoms with Crippen molar-refractivity contribution in [3.63, 3.8) is 0 Å². The molecule has 0 saturated carbocycles. The molecule has 1 aromatic carbocycles. The molecule has 0 amide bonds. The summed E-state index contributed by atoms with van der Waals surface area (Å²) >= 11 is 0. The van der Waals surface area contributed by atoms with E-state index in [1.807, 2.05) is 39.0 Å². The Hall–Kier alpha value is -1.35. The van der Waals surface area contributed by atoms with Crippen molar-refractivity contribution in [1.29, 1.82) is 0 Å². The van der Waals surface area contributed by atoms with Crippen LogP contribution in [-0.4, -0.2) is 26.3 Å². The number of esters is 1. The van der Waals surface area contributed by atoms with Crippen LogP contribution in [0.1, 0.15) is 29.8 Å². The van der Waals surface area contributed by atoms with Gasteiger partial charge in [-0.15, -0.1) is 0 Å². The van der Waals surface area contributed by atoms with Crippen LogP contribution < -0.4 is 0 Å². The van der Waals surface area contributed by atoms with Gasteiger partial charge in [0.2, 0.25) is 0 Å². The van der Waals surface area contributed by atoms with Crippen LogP contribution in [-0.2, 0) is 9.47 Å². The summed E-state index contributed by atoms with van der Waals surface area (Å²) in [5.41, 5.74) is 1.49. The fraction of sp³-hybridized carbons (Fsp3) is 0.500. The van der Waals surface area contributed by atoms with Crippen LogP contribution in [0.15, 0.2) is 24.3 Å². The molecule has 3 heteroatoms. The largest absolute Gasteiger partial charge is 0.461 e. The van der Waals surface area contributed by atoms with Crippen molar-refractivity contribution in [3.05, 3.63) is 35.4 Å². The number of ether oxygens (including phenoxy) is 2. The van der Waals surface area contributed by atoms with Gasteiger partial charge in [0.1, 0.15) is 0 Å². The van der Waals surface area contributed by atoms with Crippen LogP contribution in [0.5, 0.6) is 0 Å². The summed E-state index contributed by atoms with van der Waals surface area (Å²) in [5, 5.41) is 0. The fourth-order valence-corrected chi connectivity index (χ4v) is 1.55. The molecule has 0 heterocycles. The summed E-state index contributed by atoms with van der Waals surface area (Å²) in [7, 11) is 1.64. The first-order valence-corrected chi connectivity index (χ1v) is 5.67. The lowest BCUT2D eigenvalue weighted by atomic mass is 9.96. The van der Waals surface area contributed by atoms with Crippen LogP contribution in [0, 0.1) is 12.3 Å². The van der Waals surface area contributed by atoms with Crippen molar-refractivity contribution < 1.29 is 14.3 Å². The minimum atomic E-state index is -0.280. The summed E-state index contributed by atoms with van der Waals surface area (Å²) in [6.45, 7) is 6.87. The SMILES string of the molecule is COCC(C)(C)COC(=O)c1cccc(C)c1. The lowest BCUT2D eigenvalue weighted by molar-refractivity contribution is 0.0136. The normalized spacial score (nSPS) is 11.3. The Morgan fingerprint density at radius 2 is 2.00 bits per heavy atom. The zero-order chi connectivity index (χ0) is 12.9. The van der Waals surface area contributed by atoms with Gasteiger partial charge in [-0.1, -0.05) is 31.5 Å². The van der Waals surface area contributed by atoms with E-state index in [1.165, 1.54) is 0 Å². The number of rotatable bonds is 5. The molecule has 0 bridgehead atoms. The second kappa shape index (κ2) is 5.82. The topological polar surface area (TPSA) is 35.5 Å². The molecule has 3 nitrogen and oxygen atoms in total. The van der Waals surface area contributed by atoms with E-state index in [2.05, 4.69) is 0 Å². The van der Waals surface area contributed by atoms with Crippen LogP contribution in [0.25, 0.3) is 0 Å². The molecular formula is C14H20O3. The third-order valence-electron chi connectivity index (χ3n) is 2.38. The second-order valence-electron chi connectivity index (χ2n) is 5.04. The Morgan fingerprint density at radius 1 is 1.29 bits per heavy atom. The van der Waals surface area contributed by atoms with Crippen LogP contribution in [0.3, 0.4) is 0 Å². The lowest BCUT2D eigenvalue weighted by Crippen LogP contribution is -2.26. The van der Waals surface area contributed by atoms with Gasteiger partial charge < -0.3 is 9.47 Å². The molecule has 0 aliphatic carbocycles. The molecule has 0 saturated heterocycles. The average molecular weight is 236 g/mol. The molecule has 0 spiro atoms. The summed E-state index contributed by atoms with van der Waals surface area (Å²) in [4.78, 5) is 11.8. The van der Waals surface area contributed by atoms with Crippen LogP contribution >= 0.6 is 0 Å². The van der Waals surface area contributed by atoms with E-state index in [4.69, 9.17) is 9.47 Å². The second-order valence-corrected chi connectivity index (χ2v) is 5.04.